The minimum Gasteiger partial charge on any atom is -0.465 e. The molecule has 0 atom stereocenters. The van der Waals surface area contributed by atoms with Gasteiger partial charge < -0.3 is 10.5 Å². The minimum absolute atomic E-state index is 0.359. The Morgan fingerprint density at radius 3 is 2.42 bits per heavy atom. The van der Waals surface area contributed by atoms with E-state index in [2.05, 4.69) is 0 Å². The second kappa shape index (κ2) is 5.80. The van der Waals surface area contributed by atoms with Crippen molar-refractivity contribution in [2.45, 2.75) is 4.90 Å². The maximum absolute atomic E-state index is 11.5. The number of methoxy groups -OCH3 is 1. The Bertz CT molecular complexity index is 594. The number of carbonyl (C=O) groups excluding carboxylic acids is 1. The molecule has 0 bridgehead atoms. The fraction of sp³-hybridized carbons (Fsp3) is 0.133. The number of carbonyl (C=O) groups is 1. The van der Waals surface area contributed by atoms with Gasteiger partial charge in [-0.3, -0.25) is 0 Å². The van der Waals surface area contributed by atoms with Gasteiger partial charge in [-0.25, -0.2) is 4.79 Å². The molecule has 0 saturated heterocycles. The Morgan fingerprint density at radius 1 is 1.16 bits per heavy atom. The van der Waals surface area contributed by atoms with Gasteiger partial charge in [0.25, 0.3) is 0 Å². The van der Waals surface area contributed by atoms with Gasteiger partial charge in [0.15, 0.2) is 0 Å². The van der Waals surface area contributed by atoms with E-state index in [0.29, 0.717) is 11.3 Å². The molecule has 19 heavy (non-hydrogen) atoms. The summed E-state index contributed by atoms with van der Waals surface area (Å²) in [6, 6.07) is 13.2. The number of benzene rings is 2. The Morgan fingerprint density at radius 2 is 1.84 bits per heavy atom. The van der Waals surface area contributed by atoms with Crippen molar-refractivity contribution in [2.24, 2.45) is 0 Å². The van der Waals surface area contributed by atoms with Crippen molar-refractivity contribution in [3.63, 3.8) is 0 Å². The Balaban J connectivity index is 2.44. The molecular formula is C15H15NO2S. The summed E-state index contributed by atoms with van der Waals surface area (Å²) in [5, 5.41) is 0. The van der Waals surface area contributed by atoms with Crippen LogP contribution < -0.4 is 5.73 Å². The molecule has 0 aromatic heterocycles. The predicted octanol–water partition coefficient (Wildman–Crippen LogP) is 3.44. The van der Waals surface area contributed by atoms with Crippen LogP contribution in [-0.4, -0.2) is 19.3 Å². The molecule has 2 aromatic rings. The number of hydrogen-bond donors (Lipinski definition) is 1. The van der Waals surface area contributed by atoms with Gasteiger partial charge in [0.05, 0.1) is 12.7 Å². The maximum Gasteiger partial charge on any atom is 0.337 e. The van der Waals surface area contributed by atoms with Crippen molar-refractivity contribution in [2.75, 3.05) is 19.1 Å². The molecule has 0 aliphatic heterocycles. The van der Waals surface area contributed by atoms with Crippen LogP contribution in [0.4, 0.5) is 5.69 Å². The van der Waals surface area contributed by atoms with Crippen molar-refractivity contribution in [1.29, 1.82) is 0 Å². The normalized spacial score (nSPS) is 10.2. The molecule has 0 fully saturated rings. The molecule has 0 aliphatic rings. The number of anilines is 1. The van der Waals surface area contributed by atoms with Crippen molar-refractivity contribution in [3.8, 4) is 11.1 Å². The monoisotopic (exact) mass is 273 g/mol. The lowest BCUT2D eigenvalue weighted by atomic mass is 10.0. The van der Waals surface area contributed by atoms with E-state index in [1.54, 1.807) is 30.0 Å². The molecule has 2 N–H and O–H groups in total. The maximum atomic E-state index is 11.5. The summed E-state index contributed by atoms with van der Waals surface area (Å²) in [5.74, 6) is -0.359. The standard InChI is InChI=1S/C15H15NO2S/c1-18-15(17)11-5-8-14(16)13(9-11)10-3-6-12(19-2)7-4-10/h3-9H,16H2,1-2H3. The highest BCUT2D eigenvalue weighted by Crippen LogP contribution is 2.28. The van der Waals surface area contributed by atoms with Gasteiger partial charge >= 0.3 is 5.97 Å². The van der Waals surface area contributed by atoms with Crippen molar-refractivity contribution in [3.05, 3.63) is 48.0 Å². The Hall–Kier alpha value is -1.94. The first-order chi connectivity index (χ1) is 9.15. The summed E-state index contributed by atoms with van der Waals surface area (Å²) in [5.41, 5.74) is 8.95. The molecule has 0 amide bonds. The van der Waals surface area contributed by atoms with E-state index >= 15 is 0 Å². The van der Waals surface area contributed by atoms with Gasteiger partial charge in [-0.1, -0.05) is 12.1 Å². The molecule has 2 aromatic carbocycles. The number of ether oxygens (including phenoxy) is 1. The fourth-order valence-corrected chi connectivity index (χ4v) is 2.23. The molecule has 4 heteroatoms. The average molecular weight is 273 g/mol. The quantitative estimate of drug-likeness (QED) is 0.529. The van der Waals surface area contributed by atoms with E-state index in [0.717, 1.165) is 11.1 Å². The van der Waals surface area contributed by atoms with E-state index in [-0.39, 0.29) is 5.97 Å². The first-order valence-corrected chi connectivity index (χ1v) is 7.00. The van der Waals surface area contributed by atoms with Crippen LogP contribution in [-0.2, 0) is 4.74 Å². The third-order valence-electron chi connectivity index (χ3n) is 2.88. The molecule has 0 aliphatic carbocycles. The molecule has 0 saturated carbocycles. The molecule has 3 nitrogen and oxygen atoms in total. The lowest BCUT2D eigenvalue weighted by Crippen LogP contribution is -2.02. The third kappa shape index (κ3) is 2.90. The van der Waals surface area contributed by atoms with Gasteiger partial charge in [-0.15, -0.1) is 11.8 Å². The van der Waals surface area contributed by atoms with Crippen LogP contribution >= 0.6 is 11.8 Å². The average Bonchev–Trinajstić information content (AvgIpc) is 2.47. The van der Waals surface area contributed by atoms with Crippen LogP contribution in [0.5, 0.6) is 0 Å². The van der Waals surface area contributed by atoms with Crippen LogP contribution in [0.15, 0.2) is 47.4 Å². The van der Waals surface area contributed by atoms with Crippen LogP contribution in [0.25, 0.3) is 11.1 Å². The van der Waals surface area contributed by atoms with E-state index in [4.69, 9.17) is 10.5 Å². The molecule has 0 spiro atoms. The van der Waals surface area contributed by atoms with E-state index in [9.17, 15) is 4.79 Å². The summed E-state index contributed by atoms with van der Waals surface area (Å²) in [4.78, 5) is 12.7. The predicted molar refractivity (Wildman–Crippen MR) is 79.4 cm³/mol. The van der Waals surface area contributed by atoms with E-state index < -0.39 is 0 Å². The summed E-state index contributed by atoms with van der Waals surface area (Å²) < 4.78 is 4.72. The third-order valence-corrected chi connectivity index (χ3v) is 3.62. The Labute approximate surface area is 116 Å². The molecule has 0 heterocycles. The molecule has 0 unspecified atom stereocenters. The molecular weight excluding hydrogens is 258 g/mol. The van der Waals surface area contributed by atoms with Gasteiger partial charge in [0.2, 0.25) is 0 Å². The molecule has 2 rings (SSSR count). The van der Waals surface area contributed by atoms with Gasteiger partial charge in [0.1, 0.15) is 0 Å². The summed E-state index contributed by atoms with van der Waals surface area (Å²) >= 11 is 1.68. The fourth-order valence-electron chi connectivity index (χ4n) is 1.82. The molecule has 0 radical (unpaired) electrons. The number of rotatable bonds is 3. The zero-order valence-electron chi connectivity index (χ0n) is 10.8. The largest absolute Gasteiger partial charge is 0.465 e. The first-order valence-electron chi connectivity index (χ1n) is 5.78. The highest BCUT2D eigenvalue weighted by Gasteiger charge is 2.09. The number of thioether (sulfide) groups is 1. The first kappa shape index (κ1) is 13.5. The van der Waals surface area contributed by atoms with Crippen LogP contribution in [0.3, 0.4) is 0 Å². The van der Waals surface area contributed by atoms with Gasteiger partial charge in [-0.2, -0.15) is 0 Å². The number of nitrogen functional groups attached to an aromatic ring is 1. The number of esters is 1. The van der Waals surface area contributed by atoms with Crippen LogP contribution in [0.1, 0.15) is 10.4 Å². The zero-order chi connectivity index (χ0) is 13.8. The summed E-state index contributed by atoms with van der Waals surface area (Å²) in [6.45, 7) is 0. The van der Waals surface area contributed by atoms with Crippen molar-refractivity contribution < 1.29 is 9.53 Å². The lowest BCUT2D eigenvalue weighted by Gasteiger charge is -2.08. The smallest absolute Gasteiger partial charge is 0.337 e. The van der Waals surface area contributed by atoms with E-state index in [1.807, 2.05) is 30.5 Å². The highest BCUT2D eigenvalue weighted by molar-refractivity contribution is 7.98. The molecule has 98 valence electrons. The zero-order valence-corrected chi connectivity index (χ0v) is 11.7. The SMILES string of the molecule is COC(=O)c1ccc(N)c(-c2ccc(SC)cc2)c1. The van der Waals surface area contributed by atoms with Crippen molar-refractivity contribution >= 4 is 23.4 Å². The van der Waals surface area contributed by atoms with Gasteiger partial charge in [-0.05, 0) is 42.2 Å². The Kier molecular flexibility index (Phi) is 4.12. The second-order valence-corrected chi connectivity index (χ2v) is 4.90. The van der Waals surface area contributed by atoms with Crippen LogP contribution in [0, 0.1) is 0 Å². The number of nitrogens with two attached hydrogens (primary N) is 1. The van der Waals surface area contributed by atoms with Gasteiger partial charge in [0, 0.05) is 16.1 Å². The second-order valence-electron chi connectivity index (χ2n) is 4.02. The van der Waals surface area contributed by atoms with E-state index in [1.165, 1.54) is 12.0 Å². The van der Waals surface area contributed by atoms with Crippen LogP contribution in [0.2, 0.25) is 0 Å². The van der Waals surface area contributed by atoms with Crippen molar-refractivity contribution in [1.82, 2.24) is 0 Å². The topological polar surface area (TPSA) is 52.3 Å². The minimum atomic E-state index is -0.359. The number of hydrogen-bond acceptors (Lipinski definition) is 4. The highest BCUT2D eigenvalue weighted by atomic mass is 32.2. The summed E-state index contributed by atoms with van der Waals surface area (Å²) in [6.07, 6.45) is 2.03. The summed E-state index contributed by atoms with van der Waals surface area (Å²) in [7, 11) is 1.37. The lowest BCUT2D eigenvalue weighted by molar-refractivity contribution is 0.0601.